The first kappa shape index (κ1) is 19.6. The van der Waals surface area contributed by atoms with E-state index in [1.54, 1.807) is 0 Å². The van der Waals surface area contributed by atoms with E-state index in [1.807, 2.05) is 26.0 Å². The minimum atomic E-state index is -4.48. The number of nitrogens with one attached hydrogen (secondary N) is 1. The Hall–Kier alpha value is -1.74. The van der Waals surface area contributed by atoms with Crippen LogP contribution in [-0.2, 0) is 10.0 Å². The zero-order chi connectivity index (χ0) is 18.6. The highest BCUT2D eigenvalue weighted by atomic mass is 32.2. The van der Waals surface area contributed by atoms with Gasteiger partial charge in [0, 0.05) is 25.3 Å². The maximum absolute atomic E-state index is 12.5. The number of rotatable bonds is 5. The number of nitrogens with two attached hydrogens (primary N) is 1. The Labute approximate surface area is 147 Å². The predicted molar refractivity (Wildman–Crippen MR) is 95.2 cm³/mol. The third-order valence-corrected chi connectivity index (χ3v) is 5.71. The largest absolute Gasteiger partial charge is 0.370 e. The van der Waals surface area contributed by atoms with Crippen LogP contribution in [0, 0.1) is 19.8 Å². The molecule has 1 fully saturated rings. The second kappa shape index (κ2) is 8.09. The van der Waals surface area contributed by atoms with Gasteiger partial charge < -0.3 is 11.1 Å². The SMILES string of the molecule is Cc1cc(C)cc(NC(N)=NCC2CCN(S(=O)(=O)C(F)F)CC2)c1. The lowest BCUT2D eigenvalue weighted by atomic mass is 9.98. The van der Waals surface area contributed by atoms with E-state index in [0.29, 0.717) is 19.4 Å². The number of nitrogens with zero attached hydrogens (tertiary/aromatic N) is 2. The van der Waals surface area contributed by atoms with Gasteiger partial charge in [-0.1, -0.05) is 6.07 Å². The van der Waals surface area contributed by atoms with Gasteiger partial charge >= 0.3 is 5.76 Å². The molecule has 0 spiro atoms. The topological polar surface area (TPSA) is 87.8 Å². The minimum absolute atomic E-state index is 0.0945. The molecule has 140 valence electrons. The van der Waals surface area contributed by atoms with Crippen LogP contribution in [0.2, 0.25) is 0 Å². The van der Waals surface area contributed by atoms with Gasteiger partial charge in [-0.15, -0.1) is 0 Å². The van der Waals surface area contributed by atoms with Gasteiger partial charge in [0.25, 0.3) is 10.0 Å². The zero-order valence-corrected chi connectivity index (χ0v) is 15.2. The van der Waals surface area contributed by atoms with Gasteiger partial charge in [-0.05, 0) is 55.9 Å². The number of hydrogen-bond donors (Lipinski definition) is 2. The minimum Gasteiger partial charge on any atom is -0.370 e. The molecule has 2 rings (SSSR count). The quantitative estimate of drug-likeness (QED) is 0.611. The highest BCUT2D eigenvalue weighted by molar-refractivity contribution is 7.89. The van der Waals surface area contributed by atoms with Crippen LogP contribution in [0.25, 0.3) is 0 Å². The maximum Gasteiger partial charge on any atom is 0.350 e. The van der Waals surface area contributed by atoms with E-state index in [0.717, 1.165) is 21.1 Å². The van der Waals surface area contributed by atoms with Crippen LogP contribution >= 0.6 is 0 Å². The zero-order valence-electron chi connectivity index (χ0n) is 14.4. The molecule has 0 aromatic heterocycles. The maximum atomic E-state index is 12.5. The Morgan fingerprint density at radius 1 is 1.28 bits per heavy atom. The van der Waals surface area contributed by atoms with Crippen molar-refractivity contribution < 1.29 is 17.2 Å². The summed E-state index contributed by atoms with van der Waals surface area (Å²) in [5, 5.41) is 3.03. The van der Waals surface area contributed by atoms with Gasteiger partial charge in [0.1, 0.15) is 0 Å². The summed E-state index contributed by atoms with van der Waals surface area (Å²) in [6, 6.07) is 5.98. The van der Waals surface area contributed by atoms with Crippen molar-refractivity contribution in [2.75, 3.05) is 25.0 Å². The molecule has 1 aromatic rings. The second-order valence-electron chi connectivity index (χ2n) is 6.38. The van der Waals surface area contributed by atoms with Crippen molar-refractivity contribution in [1.29, 1.82) is 0 Å². The molecular weight excluding hydrogens is 350 g/mol. The van der Waals surface area contributed by atoms with E-state index < -0.39 is 15.8 Å². The summed E-state index contributed by atoms with van der Waals surface area (Å²) >= 11 is 0. The van der Waals surface area contributed by atoms with Crippen molar-refractivity contribution in [2.24, 2.45) is 16.6 Å². The molecule has 1 heterocycles. The summed E-state index contributed by atoms with van der Waals surface area (Å²) in [5.41, 5.74) is 8.98. The molecule has 1 aromatic carbocycles. The Kier molecular flexibility index (Phi) is 6.34. The molecule has 9 heteroatoms. The van der Waals surface area contributed by atoms with Crippen LogP contribution in [0.1, 0.15) is 24.0 Å². The summed E-state index contributed by atoms with van der Waals surface area (Å²) in [6.07, 6.45) is 0.985. The van der Waals surface area contributed by atoms with Crippen LogP contribution in [-0.4, -0.2) is 44.1 Å². The number of benzene rings is 1. The summed E-state index contributed by atoms with van der Waals surface area (Å²) in [4.78, 5) is 4.29. The molecule has 1 saturated heterocycles. The molecule has 6 nitrogen and oxygen atoms in total. The van der Waals surface area contributed by atoms with E-state index in [1.165, 1.54) is 0 Å². The van der Waals surface area contributed by atoms with Gasteiger partial charge in [0.2, 0.25) is 0 Å². The van der Waals surface area contributed by atoms with Gasteiger partial charge in [-0.2, -0.15) is 13.1 Å². The number of hydrogen-bond acceptors (Lipinski definition) is 3. The molecule has 3 N–H and O–H groups in total. The molecule has 1 aliphatic heterocycles. The van der Waals surface area contributed by atoms with E-state index >= 15 is 0 Å². The van der Waals surface area contributed by atoms with E-state index in [4.69, 9.17) is 5.73 Å². The van der Waals surface area contributed by atoms with Crippen molar-refractivity contribution in [1.82, 2.24) is 4.31 Å². The second-order valence-corrected chi connectivity index (χ2v) is 8.28. The number of anilines is 1. The Morgan fingerprint density at radius 2 is 1.84 bits per heavy atom. The standard InChI is InChI=1S/C16H24F2N4O2S/c1-11-7-12(2)9-14(8-11)21-16(19)20-10-13-3-5-22(6-4-13)25(23,24)15(17)18/h7-9,13,15H,3-6,10H2,1-2H3,(H3,19,20,21). The molecule has 0 atom stereocenters. The highest BCUT2D eigenvalue weighted by Gasteiger charge is 2.34. The lowest BCUT2D eigenvalue weighted by molar-refractivity contribution is 0.205. The van der Waals surface area contributed by atoms with Crippen molar-refractivity contribution in [2.45, 2.75) is 32.4 Å². The molecule has 0 bridgehead atoms. The van der Waals surface area contributed by atoms with Crippen molar-refractivity contribution >= 4 is 21.7 Å². The van der Waals surface area contributed by atoms with Gasteiger partial charge in [0.15, 0.2) is 5.96 Å². The number of aryl methyl sites for hydroxylation is 2. The molecule has 0 aliphatic carbocycles. The van der Waals surface area contributed by atoms with Crippen LogP contribution in [0.3, 0.4) is 0 Å². The van der Waals surface area contributed by atoms with Crippen molar-refractivity contribution in [3.63, 3.8) is 0 Å². The fraction of sp³-hybridized carbons (Fsp3) is 0.562. The van der Waals surface area contributed by atoms with E-state index in [9.17, 15) is 17.2 Å². The van der Waals surface area contributed by atoms with Crippen LogP contribution < -0.4 is 11.1 Å². The first-order valence-electron chi connectivity index (χ1n) is 8.11. The highest BCUT2D eigenvalue weighted by Crippen LogP contribution is 2.22. The Morgan fingerprint density at radius 3 is 2.36 bits per heavy atom. The normalized spacial score (nSPS) is 17.9. The van der Waals surface area contributed by atoms with Gasteiger partial charge in [-0.25, -0.2) is 8.42 Å². The number of alkyl halides is 2. The average molecular weight is 374 g/mol. The Bertz CT molecular complexity index is 709. The molecular formula is C16H24F2N4O2S. The fourth-order valence-corrected chi connectivity index (χ4v) is 3.87. The average Bonchev–Trinajstić information content (AvgIpc) is 2.52. The number of guanidine groups is 1. The number of sulfonamides is 1. The van der Waals surface area contributed by atoms with Crippen LogP contribution in [0.4, 0.5) is 14.5 Å². The summed E-state index contributed by atoms with van der Waals surface area (Å²) in [6.45, 7) is 4.61. The van der Waals surface area contributed by atoms with Crippen LogP contribution in [0.15, 0.2) is 23.2 Å². The molecule has 25 heavy (non-hydrogen) atoms. The molecule has 0 unspecified atom stereocenters. The molecule has 0 amide bonds. The number of halogens is 2. The Balaban J connectivity index is 1.86. The predicted octanol–water partition coefficient (Wildman–Crippen LogP) is 2.29. The van der Waals surface area contributed by atoms with Crippen LogP contribution in [0.5, 0.6) is 0 Å². The number of piperidine rings is 1. The third-order valence-electron chi connectivity index (χ3n) is 4.17. The third kappa shape index (κ3) is 5.37. The van der Waals surface area contributed by atoms with Crippen molar-refractivity contribution in [3.8, 4) is 0 Å². The fourth-order valence-electron chi connectivity index (χ4n) is 2.92. The lowest BCUT2D eigenvalue weighted by Crippen LogP contribution is -2.41. The molecule has 1 aliphatic rings. The first-order valence-corrected chi connectivity index (χ1v) is 9.61. The van der Waals surface area contributed by atoms with Gasteiger partial charge in [-0.3, -0.25) is 4.99 Å². The number of aliphatic imine (C=N–C) groups is 1. The summed E-state index contributed by atoms with van der Waals surface area (Å²) in [5.74, 6) is -2.95. The van der Waals surface area contributed by atoms with Crippen molar-refractivity contribution in [3.05, 3.63) is 29.3 Å². The lowest BCUT2D eigenvalue weighted by Gasteiger charge is -2.30. The summed E-state index contributed by atoms with van der Waals surface area (Å²) in [7, 11) is -4.48. The van der Waals surface area contributed by atoms with Gasteiger partial charge in [0.05, 0.1) is 0 Å². The molecule has 0 radical (unpaired) electrons. The van der Waals surface area contributed by atoms with E-state index in [2.05, 4.69) is 16.4 Å². The first-order chi connectivity index (χ1) is 11.7. The smallest absolute Gasteiger partial charge is 0.350 e. The monoisotopic (exact) mass is 374 g/mol. The van der Waals surface area contributed by atoms with E-state index in [-0.39, 0.29) is 25.0 Å². The summed E-state index contributed by atoms with van der Waals surface area (Å²) < 4.78 is 48.8. The molecule has 0 saturated carbocycles.